The van der Waals surface area contributed by atoms with Crippen molar-refractivity contribution >= 4 is 16.8 Å². The van der Waals surface area contributed by atoms with Gasteiger partial charge in [-0.05, 0) is 35.4 Å². The van der Waals surface area contributed by atoms with E-state index in [1.54, 1.807) is 0 Å². The summed E-state index contributed by atoms with van der Waals surface area (Å²) in [6.07, 6.45) is 1.93. The monoisotopic (exact) mass is 322 g/mol. The van der Waals surface area contributed by atoms with Crippen LogP contribution in [-0.2, 0) is 0 Å². The van der Waals surface area contributed by atoms with Gasteiger partial charge in [0.1, 0.15) is 0 Å². The van der Waals surface area contributed by atoms with E-state index in [-0.39, 0.29) is 17.9 Å². The van der Waals surface area contributed by atoms with Crippen LogP contribution in [0.15, 0.2) is 54.7 Å². The molecule has 0 aliphatic rings. The minimum atomic E-state index is -0.320. The summed E-state index contributed by atoms with van der Waals surface area (Å²) >= 11 is 0. The Balaban J connectivity index is 1.78. The van der Waals surface area contributed by atoms with Gasteiger partial charge in [0, 0.05) is 41.2 Å². The fraction of sp³-hybridized carbons (Fsp3) is 0.250. The number of aliphatic hydroxyl groups excluding tert-OH is 1. The first-order chi connectivity index (χ1) is 11.5. The molecule has 1 amide bonds. The highest BCUT2D eigenvalue weighted by Gasteiger charge is 2.18. The van der Waals surface area contributed by atoms with Gasteiger partial charge in [-0.25, -0.2) is 0 Å². The van der Waals surface area contributed by atoms with Crippen molar-refractivity contribution in [2.24, 2.45) is 5.41 Å². The third-order valence-electron chi connectivity index (χ3n) is 4.21. The third-order valence-corrected chi connectivity index (χ3v) is 4.21. The minimum Gasteiger partial charge on any atom is -0.396 e. The van der Waals surface area contributed by atoms with Crippen molar-refractivity contribution in [3.8, 4) is 11.1 Å². The first kappa shape index (κ1) is 16.3. The van der Waals surface area contributed by atoms with Gasteiger partial charge in [-0.15, -0.1) is 0 Å². The number of amides is 1. The molecule has 0 radical (unpaired) electrons. The van der Waals surface area contributed by atoms with Crippen molar-refractivity contribution in [2.75, 3.05) is 13.2 Å². The molecule has 0 saturated heterocycles. The fourth-order valence-corrected chi connectivity index (χ4v) is 2.62. The van der Waals surface area contributed by atoms with E-state index in [9.17, 15) is 9.90 Å². The fourth-order valence-electron chi connectivity index (χ4n) is 2.62. The van der Waals surface area contributed by atoms with E-state index in [0.29, 0.717) is 12.1 Å². The lowest BCUT2D eigenvalue weighted by atomic mass is 9.95. The number of rotatable bonds is 5. The Hall–Kier alpha value is -2.59. The molecule has 4 heteroatoms. The first-order valence-electron chi connectivity index (χ1n) is 8.06. The van der Waals surface area contributed by atoms with E-state index in [0.717, 1.165) is 16.6 Å². The second-order valence-electron chi connectivity index (χ2n) is 6.83. The maximum atomic E-state index is 12.2. The summed E-state index contributed by atoms with van der Waals surface area (Å²) in [7, 11) is 0. The molecule has 0 unspecified atom stereocenters. The summed E-state index contributed by atoms with van der Waals surface area (Å²) in [6.45, 7) is 4.29. The van der Waals surface area contributed by atoms with Crippen LogP contribution < -0.4 is 5.32 Å². The molecule has 0 atom stereocenters. The summed E-state index contributed by atoms with van der Waals surface area (Å²) in [4.78, 5) is 15.4. The number of nitrogens with one attached hydrogen (secondary N) is 2. The standard InChI is InChI=1S/C20H22N2O2/c1-20(2,13-23)12-22-19(24)15-8-6-14(7-9-15)16-4-3-5-18-17(16)10-11-21-18/h3-11,21,23H,12-13H2,1-2H3,(H,22,24). The predicted molar refractivity (Wildman–Crippen MR) is 96.9 cm³/mol. The van der Waals surface area contributed by atoms with E-state index in [1.807, 2.05) is 56.4 Å². The highest BCUT2D eigenvalue weighted by Crippen LogP contribution is 2.28. The van der Waals surface area contributed by atoms with Gasteiger partial charge in [0.05, 0.1) is 0 Å². The molecule has 3 N–H and O–H groups in total. The molecule has 0 spiro atoms. The van der Waals surface area contributed by atoms with Crippen LogP contribution in [0.25, 0.3) is 22.0 Å². The molecule has 0 aliphatic carbocycles. The van der Waals surface area contributed by atoms with Crippen LogP contribution in [0.3, 0.4) is 0 Å². The number of hydrogen-bond acceptors (Lipinski definition) is 2. The molecular formula is C20H22N2O2. The first-order valence-corrected chi connectivity index (χ1v) is 8.06. The van der Waals surface area contributed by atoms with Crippen molar-refractivity contribution in [1.82, 2.24) is 10.3 Å². The molecule has 124 valence electrons. The zero-order valence-electron chi connectivity index (χ0n) is 14.0. The van der Waals surface area contributed by atoms with E-state index in [4.69, 9.17) is 0 Å². The highest BCUT2D eigenvalue weighted by molar-refractivity contribution is 5.97. The van der Waals surface area contributed by atoms with Crippen molar-refractivity contribution in [2.45, 2.75) is 13.8 Å². The number of benzene rings is 2. The van der Waals surface area contributed by atoms with Gasteiger partial charge in [-0.2, -0.15) is 0 Å². The zero-order valence-corrected chi connectivity index (χ0v) is 14.0. The average molecular weight is 322 g/mol. The largest absolute Gasteiger partial charge is 0.396 e. The Morgan fingerprint density at radius 3 is 2.58 bits per heavy atom. The molecule has 1 heterocycles. The normalized spacial score (nSPS) is 11.6. The Bertz CT molecular complexity index is 847. The molecule has 2 aromatic carbocycles. The topological polar surface area (TPSA) is 65.1 Å². The van der Waals surface area contributed by atoms with Gasteiger partial charge in [0.15, 0.2) is 0 Å². The van der Waals surface area contributed by atoms with Crippen molar-refractivity contribution < 1.29 is 9.90 Å². The Labute approximate surface area is 141 Å². The molecule has 4 nitrogen and oxygen atoms in total. The van der Waals surface area contributed by atoms with Crippen LogP contribution in [0, 0.1) is 5.41 Å². The highest BCUT2D eigenvalue weighted by atomic mass is 16.3. The molecule has 3 rings (SSSR count). The number of hydrogen-bond donors (Lipinski definition) is 3. The number of carbonyl (C=O) groups excluding carboxylic acids is 1. The molecule has 1 aromatic heterocycles. The molecule has 3 aromatic rings. The third kappa shape index (κ3) is 3.34. The second-order valence-corrected chi connectivity index (χ2v) is 6.83. The van der Waals surface area contributed by atoms with E-state index >= 15 is 0 Å². The average Bonchev–Trinajstić information content (AvgIpc) is 3.08. The number of aromatic nitrogens is 1. The summed E-state index contributed by atoms with van der Waals surface area (Å²) < 4.78 is 0. The number of aromatic amines is 1. The van der Waals surface area contributed by atoms with Crippen molar-refractivity contribution in [1.29, 1.82) is 0 Å². The molecule has 0 aliphatic heterocycles. The maximum absolute atomic E-state index is 12.2. The van der Waals surface area contributed by atoms with Crippen LogP contribution in [0.1, 0.15) is 24.2 Å². The Morgan fingerprint density at radius 1 is 1.12 bits per heavy atom. The smallest absolute Gasteiger partial charge is 0.251 e. The van der Waals surface area contributed by atoms with E-state index in [1.165, 1.54) is 5.39 Å². The van der Waals surface area contributed by atoms with Gasteiger partial charge in [-0.1, -0.05) is 38.1 Å². The lowest BCUT2D eigenvalue weighted by molar-refractivity contribution is 0.0911. The van der Waals surface area contributed by atoms with Gasteiger partial charge < -0.3 is 15.4 Å². The van der Waals surface area contributed by atoms with Crippen LogP contribution in [0.2, 0.25) is 0 Å². The predicted octanol–water partition coefficient (Wildman–Crippen LogP) is 3.58. The van der Waals surface area contributed by atoms with Gasteiger partial charge in [0.25, 0.3) is 5.91 Å². The maximum Gasteiger partial charge on any atom is 0.251 e. The SMILES string of the molecule is CC(C)(CO)CNC(=O)c1ccc(-c2cccc3[nH]ccc23)cc1. The number of H-pyrrole nitrogens is 1. The second kappa shape index (κ2) is 6.49. The lowest BCUT2D eigenvalue weighted by Crippen LogP contribution is -2.36. The van der Waals surface area contributed by atoms with Crippen LogP contribution in [0.4, 0.5) is 0 Å². The van der Waals surface area contributed by atoms with Gasteiger partial charge >= 0.3 is 0 Å². The summed E-state index contributed by atoms with van der Waals surface area (Å²) in [6, 6.07) is 15.8. The Morgan fingerprint density at radius 2 is 1.88 bits per heavy atom. The van der Waals surface area contributed by atoms with E-state index < -0.39 is 0 Å². The Kier molecular flexibility index (Phi) is 4.40. The minimum absolute atomic E-state index is 0.0346. The zero-order chi connectivity index (χ0) is 17.2. The molecule has 0 fully saturated rings. The van der Waals surface area contributed by atoms with Crippen LogP contribution in [0.5, 0.6) is 0 Å². The molecule has 0 bridgehead atoms. The summed E-state index contributed by atoms with van der Waals surface area (Å²) in [5.41, 5.74) is 3.61. The van der Waals surface area contributed by atoms with Crippen molar-refractivity contribution in [3.63, 3.8) is 0 Å². The number of fused-ring (bicyclic) bond motifs is 1. The van der Waals surface area contributed by atoms with E-state index in [2.05, 4.69) is 22.4 Å². The van der Waals surface area contributed by atoms with Gasteiger partial charge in [-0.3, -0.25) is 4.79 Å². The summed E-state index contributed by atoms with van der Waals surface area (Å²) in [5, 5.41) is 13.3. The quantitative estimate of drug-likeness (QED) is 0.672. The van der Waals surface area contributed by atoms with Crippen molar-refractivity contribution in [3.05, 3.63) is 60.3 Å². The lowest BCUT2D eigenvalue weighted by Gasteiger charge is -2.21. The molecule has 0 saturated carbocycles. The van der Waals surface area contributed by atoms with Crippen LogP contribution >= 0.6 is 0 Å². The summed E-state index contributed by atoms with van der Waals surface area (Å²) in [5.74, 6) is -0.122. The number of aliphatic hydroxyl groups is 1. The molecule has 24 heavy (non-hydrogen) atoms. The molecular weight excluding hydrogens is 300 g/mol. The van der Waals surface area contributed by atoms with Crippen LogP contribution in [-0.4, -0.2) is 29.1 Å². The van der Waals surface area contributed by atoms with Gasteiger partial charge in [0.2, 0.25) is 0 Å². The number of carbonyl (C=O) groups is 1.